The molecular formula is C35H40ClN5S. The third-order valence-electron chi connectivity index (χ3n) is 9.15. The van der Waals surface area contributed by atoms with Gasteiger partial charge < -0.3 is 19.7 Å². The van der Waals surface area contributed by atoms with Gasteiger partial charge in [0, 0.05) is 36.4 Å². The fourth-order valence-corrected chi connectivity index (χ4v) is 7.50. The van der Waals surface area contributed by atoms with Crippen molar-refractivity contribution in [3.63, 3.8) is 0 Å². The topological polar surface area (TPSA) is 36.3 Å². The predicted octanol–water partition coefficient (Wildman–Crippen LogP) is 8.43. The number of hydrogen-bond acceptors (Lipinski definition) is 3. The SMILES string of the molecule is CCc1cccc(C)c1-n1c(C)cc([C@@H]2[C@H](c3ccccn3)NC(=S)N2c2ccc(N3CCC(C)CC3)c(Cl)c2)c1C. The molecule has 5 nitrogen and oxygen atoms in total. The number of nitrogens with one attached hydrogen (secondary N) is 1. The molecule has 4 heterocycles. The Balaban J connectivity index is 1.46. The van der Waals surface area contributed by atoms with Crippen molar-refractivity contribution in [3.05, 3.63) is 106 Å². The highest BCUT2D eigenvalue weighted by molar-refractivity contribution is 7.80. The van der Waals surface area contributed by atoms with Crippen LogP contribution in [0, 0.1) is 26.7 Å². The lowest BCUT2D eigenvalue weighted by molar-refractivity contribution is 0.438. The first-order chi connectivity index (χ1) is 20.3. The van der Waals surface area contributed by atoms with Gasteiger partial charge >= 0.3 is 0 Å². The van der Waals surface area contributed by atoms with E-state index in [4.69, 9.17) is 28.8 Å². The first-order valence-corrected chi connectivity index (χ1v) is 15.9. The zero-order chi connectivity index (χ0) is 29.5. The summed E-state index contributed by atoms with van der Waals surface area (Å²) in [6, 6.07) is 21.2. The number of halogens is 1. The second kappa shape index (κ2) is 11.7. The maximum absolute atomic E-state index is 7.02. The summed E-state index contributed by atoms with van der Waals surface area (Å²) >= 11 is 13.1. The van der Waals surface area contributed by atoms with Crippen LogP contribution in [0.3, 0.4) is 0 Å². The lowest BCUT2D eigenvalue weighted by atomic mass is 9.96. The quantitative estimate of drug-likeness (QED) is 0.226. The molecule has 4 aromatic rings. The van der Waals surface area contributed by atoms with Crippen molar-refractivity contribution in [3.8, 4) is 5.69 Å². The van der Waals surface area contributed by atoms with Crippen LogP contribution in [0.25, 0.3) is 5.69 Å². The Morgan fingerprint density at radius 3 is 2.48 bits per heavy atom. The van der Waals surface area contributed by atoms with Crippen LogP contribution in [0.2, 0.25) is 5.02 Å². The van der Waals surface area contributed by atoms with Crippen molar-refractivity contribution >= 4 is 40.3 Å². The van der Waals surface area contributed by atoms with E-state index in [1.807, 2.05) is 18.3 Å². The number of piperidine rings is 1. The van der Waals surface area contributed by atoms with Crippen molar-refractivity contribution in [2.45, 2.75) is 66.0 Å². The molecule has 7 heteroatoms. The molecule has 2 atom stereocenters. The van der Waals surface area contributed by atoms with Gasteiger partial charge in [-0.1, -0.05) is 49.7 Å². The van der Waals surface area contributed by atoms with Crippen LogP contribution in [0.1, 0.15) is 72.5 Å². The van der Waals surface area contributed by atoms with E-state index in [2.05, 4.69) is 103 Å². The summed E-state index contributed by atoms with van der Waals surface area (Å²) in [4.78, 5) is 9.43. The van der Waals surface area contributed by atoms with Crippen LogP contribution in [-0.2, 0) is 6.42 Å². The van der Waals surface area contributed by atoms with E-state index in [-0.39, 0.29) is 12.1 Å². The third kappa shape index (κ3) is 5.09. The lowest BCUT2D eigenvalue weighted by Crippen LogP contribution is -2.33. The van der Waals surface area contributed by atoms with E-state index in [0.29, 0.717) is 5.11 Å². The van der Waals surface area contributed by atoms with Gasteiger partial charge in [-0.15, -0.1) is 0 Å². The molecule has 0 spiro atoms. The summed E-state index contributed by atoms with van der Waals surface area (Å²) in [6.07, 6.45) is 5.22. The van der Waals surface area contributed by atoms with E-state index >= 15 is 0 Å². The van der Waals surface area contributed by atoms with Crippen LogP contribution in [0.15, 0.2) is 66.9 Å². The molecule has 6 rings (SSSR count). The smallest absolute Gasteiger partial charge is 0.174 e. The molecule has 2 aliphatic heterocycles. The number of para-hydroxylation sites is 1. The second-order valence-electron chi connectivity index (χ2n) is 11.9. The maximum atomic E-state index is 7.02. The Bertz CT molecular complexity index is 1610. The van der Waals surface area contributed by atoms with Gasteiger partial charge in [-0.25, -0.2) is 0 Å². The Morgan fingerprint density at radius 1 is 1.00 bits per heavy atom. The monoisotopic (exact) mass is 597 g/mol. The summed E-state index contributed by atoms with van der Waals surface area (Å²) in [6.45, 7) is 13.3. The Labute approximate surface area is 260 Å². The van der Waals surface area contributed by atoms with Crippen LogP contribution in [0.4, 0.5) is 11.4 Å². The zero-order valence-corrected chi connectivity index (χ0v) is 26.8. The molecule has 0 saturated carbocycles. The molecule has 2 saturated heterocycles. The van der Waals surface area contributed by atoms with Gasteiger partial charge in [-0.2, -0.15) is 0 Å². The molecular weight excluding hydrogens is 558 g/mol. The summed E-state index contributed by atoms with van der Waals surface area (Å²) in [5.74, 6) is 0.767. The molecule has 0 amide bonds. The summed E-state index contributed by atoms with van der Waals surface area (Å²) in [5.41, 5.74) is 10.6. The molecule has 2 fully saturated rings. The number of hydrogen-bond donors (Lipinski definition) is 1. The van der Waals surface area contributed by atoms with Crippen LogP contribution in [-0.4, -0.2) is 27.8 Å². The number of rotatable bonds is 6. The minimum Gasteiger partial charge on any atom is -0.370 e. The normalized spacial score (nSPS) is 19.4. The fourth-order valence-electron chi connectivity index (χ4n) is 6.86. The first kappa shape index (κ1) is 28.8. The second-order valence-corrected chi connectivity index (χ2v) is 12.7. The van der Waals surface area contributed by atoms with Gasteiger partial charge in [-0.3, -0.25) is 4.98 Å². The molecule has 1 N–H and O–H groups in total. The minimum atomic E-state index is -0.114. The van der Waals surface area contributed by atoms with Crippen LogP contribution in [0.5, 0.6) is 0 Å². The molecule has 2 aromatic carbocycles. The van der Waals surface area contributed by atoms with Crippen molar-refractivity contribution in [1.82, 2.24) is 14.9 Å². The number of benzene rings is 2. The summed E-state index contributed by atoms with van der Waals surface area (Å²) < 4.78 is 2.42. The highest BCUT2D eigenvalue weighted by atomic mass is 35.5. The number of aryl methyl sites for hydroxylation is 3. The predicted molar refractivity (Wildman–Crippen MR) is 179 cm³/mol. The van der Waals surface area contributed by atoms with Crippen molar-refractivity contribution < 1.29 is 0 Å². The summed E-state index contributed by atoms with van der Waals surface area (Å²) in [5, 5.41) is 5.08. The van der Waals surface area contributed by atoms with Gasteiger partial charge in [0.2, 0.25) is 0 Å². The van der Waals surface area contributed by atoms with E-state index < -0.39 is 0 Å². The van der Waals surface area contributed by atoms with Crippen molar-refractivity contribution in [1.29, 1.82) is 0 Å². The first-order valence-electron chi connectivity index (χ1n) is 15.1. The average Bonchev–Trinajstić information content (AvgIpc) is 3.48. The number of pyridine rings is 1. The van der Waals surface area contributed by atoms with Crippen LogP contribution >= 0.6 is 23.8 Å². The van der Waals surface area contributed by atoms with E-state index in [1.165, 1.54) is 46.6 Å². The highest BCUT2D eigenvalue weighted by Gasteiger charge is 2.42. The summed E-state index contributed by atoms with van der Waals surface area (Å²) in [7, 11) is 0. The Kier molecular flexibility index (Phi) is 8.03. The minimum absolute atomic E-state index is 0.0980. The molecule has 0 bridgehead atoms. The molecule has 218 valence electrons. The number of aromatic nitrogens is 2. The number of thiocarbonyl (C=S) groups is 1. The Morgan fingerprint density at radius 2 is 1.79 bits per heavy atom. The van der Waals surface area contributed by atoms with E-state index in [9.17, 15) is 0 Å². The molecule has 0 radical (unpaired) electrons. The van der Waals surface area contributed by atoms with Crippen molar-refractivity contribution in [2.24, 2.45) is 5.92 Å². The molecule has 2 aliphatic rings. The third-order valence-corrected chi connectivity index (χ3v) is 9.76. The average molecular weight is 598 g/mol. The number of anilines is 2. The lowest BCUT2D eigenvalue weighted by Gasteiger charge is -2.33. The standard InChI is InChI=1S/C35H40ClN5S/c1-6-26-11-9-10-23(3)33(26)40-24(4)20-28(25(40)5)34-32(30-12-7-8-17-37-30)38-35(42)41(34)27-13-14-31(29(36)21-27)39-18-15-22(2)16-19-39/h7-14,17,20-22,32,34H,6,15-16,18-19H2,1-5H3,(H,38,42)/t32-,34+/m0/s1. The molecule has 42 heavy (non-hydrogen) atoms. The van der Waals surface area contributed by atoms with E-state index in [0.717, 1.165) is 47.5 Å². The van der Waals surface area contributed by atoms with Crippen LogP contribution < -0.4 is 15.1 Å². The van der Waals surface area contributed by atoms with Crippen molar-refractivity contribution in [2.75, 3.05) is 22.9 Å². The maximum Gasteiger partial charge on any atom is 0.174 e. The molecule has 2 aromatic heterocycles. The van der Waals surface area contributed by atoms with Gasteiger partial charge in [0.15, 0.2) is 5.11 Å². The number of nitrogens with zero attached hydrogens (tertiary/aromatic N) is 4. The molecule has 0 unspecified atom stereocenters. The highest BCUT2D eigenvalue weighted by Crippen LogP contribution is 2.45. The Hall–Kier alpha value is -3.35. The van der Waals surface area contributed by atoms with Gasteiger partial charge in [0.25, 0.3) is 0 Å². The largest absolute Gasteiger partial charge is 0.370 e. The van der Waals surface area contributed by atoms with Gasteiger partial charge in [0.1, 0.15) is 0 Å². The van der Waals surface area contributed by atoms with Gasteiger partial charge in [0.05, 0.1) is 34.2 Å². The van der Waals surface area contributed by atoms with E-state index in [1.54, 1.807) is 0 Å². The fraction of sp³-hybridized carbons (Fsp3) is 0.371. The van der Waals surface area contributed by atoms with Gasteiger partial charge in [-0.05, 0) is 111 Å². The molecule has 0 aliphatic carbocycles. The zero-order valence-electron chi connectivity index (χ0n) is 25.2.